The fraction of sp³-hybridized carbons (Fsp3) is 0.625. The van der Waals surface area contributed by atoms with Crippen LogP contribution in [0.2, 0.25) is 0 Å². The fourth-order valence-electron chi connectivity index (χ4n) is 4.16. The molecule has 1 saturated heterocycles. The molecule has 1 aliphatic heterocycles. The number of nitrogens with one attached hydrogen (secondary N) is 1. The van der Waals surface area contributed by atoms with Crippen LogP contribution < -0.4 is 11.1 Å². The van der Waals surface area contributed by atoms with Gasteiger partial charge in [0, 0.05) is 12.5 Å². The second-order valence-corrected chi connectivity index (χ2v) is 8.67. The Hall–Kier alpha value is -2.25. The van der Waals surface area contributed by atoms with Crippen molar-refractivity contribution < 1.29 is 19.5 Å². The van der Waals surface area contributed by atoms with Gasteiger partial charge in [-0.1, -0.05) is 50.6 Å². The number of carbonyl (C=O) groups excluding carboxylic acids is 2. The van der Waals surface area contributed by atoms with Crippen molar-refractivity contribution in [1.82, 2.24) is 10.2 Å². The standard InChI is InChI=1S/C24H37N3O4/c1-17(2)22(28)21-12-8-16-27(21)23(29)19(11-6-7-15-25)26-20(24(30)31)14-13-18-9-4-3-5-10-18/h3-5,9-10,17,19-21,26H,6-8,11-16,25H2,1-2H3,(H,30,31)/t19-,20-,21-/m0/s1. The Morgan fingerprint density at radius 3 is 2.45 bits per heavy atom. The van der Waals surface area contributed by atoms with E-state index in [1.165, 1.54) is 0 Å². The topological polar surface area (TPSA) is 113 Å². The van der Waals surface area contributed by atoms with Gasteiger partial charge in [0.2, 0.25) is 5.91 Å². The summed E-state index contributed by atoms with van der Waals surface area (Å²) in [5.74, 6) is -1.20. The van der Waals surface area contributed by atoms with Crippen LogP contribution in [-0.2, 0) is 20.8 Å². The van der Waals surface area contributed by atoms with Gasteiger partial charge in [-0.25, -0.2) is 0 Å². The van der Waals surface area contributed by atoms with E-state index in [9.17, 15) is 19.5 Å². The molecule has 3 atom stereocenters. The van der Waals surface area contributed by atoms with Gasteiger partial charge in [0.1, 0.15) is 6.04 Å². The Morgan fingerprint density at radius 2 is 1.84 bits per heavy atom. The number of likely N-dealkylation sites (tertiary alicyclic amines) is 1. The number of nitrogens with two attached hydrogens (primary N) is 1. The minimum absolute atomic E-state index is 0.0745. The molecule has 0 spiro atoms. The van der Waals surface area contributed by atoms with E-state index in [0.29, 0.717) is 38.8 Å². The highest BCUT2D eigenvalue weighted by Gasteiger charge is 2.38. The maximum absolute atomic E-state index is 13.4. The largest absolute Gasteiger partial charge is 0.480 e. The molecule has 1 aromatic carbocycles. The molecule has 0 saturated carbocycles. The third-order valence-electron chi connectivity index (χ3n) is 5.94. The average molecular weight is 432 g/mol. The molecule has 0 aliphatic carbocycles. The van der Waals surface area contributed by atoms with Gasteiger partial charge in [-0.05, 0) is 50.6 Å². The van der Waals surface area contributed by atoms with Crippen LogP contribution in [0.5, 0.6) is 0 Å². The Labute approximate surface area is 185 Å². The zero-order valence-corrected chi connectivity index (χ0v) is 18.8. The molecule has 172 valence electrons. The van der Waals surface area contributed by atoms with E-state index in [1.54, 1.807) is 4.90 Å². The predicted octanol–water partition coefficient (Wildman–Crippen LogP) is 2.38. The van der Waals surface area contributed by atoms with Crippen molar-refractivity contribution in [2.45, 2.75) is 76.9 Å². The van der Waals surface area contributed by atoms with Gasteiger partial charge in [0.15, 0.2) is 5.78 Å². The minimum Gasteiger partial charge on any atom is -0.480 e. The zero-order valence-electron chi connectivity index (χ0n) is 18.8. The number of Topliss-reactive ketones (excluding diaryl/α,β-unsaturated/α-hetero) is 1. The van der Waals surface area contributed by atoms with E-state index in [1.807, 2.05) is 44.2 Å². The van der Waals surface area contributed by atoms with Crippen LogP contribution in [0, 0.1) is 5.92 Å². The lowest BCUT2D eigenvalue weighted by Crippen LogP contribution is -2.54. The summed E-state index contributed by atoms with van der Waals surface area (Å²) in [5.41, 5.74) is 6.67. The van der Waals surface area contributed by atoms with Gasteiger partial charge in [-0.3, -0.25) is 19.7 Å². The summed E-state index contributed by atoms with van der Waals surface area (Å²) in [4.78, 5) is 39.6. The average Bonchev–Trinajstić information content (AvgIpc) is 3.24. The smallest absolute Gasteiger partial charge is 0.320 e. The van der Waals surface area contributed by atoms with Crippen LogP contribution in [0.3, 0.4) is 0 Å². The first-order valence-corrected chi connectivity index (χ1v) is 11.4. The van der Waals surface area contributed by atoms with E-state index >= 15 is 0 Å². The van der Waals surface area contributed by atoms with E-state index in [4.69, 9.17) is 5.73 Å². The monoisotopic (exact) mass is 431 g/mol. The summed E-state index contributed by atoms with van der Waals surface area (Å²) in [5, 5.41) is 12.9. The van der Waals surface area contributed by atoms with Crippen LogP contribution in [-0.4, -0.2) is 58.9 Å². The summed E-state index contributed by atoms with van der Waals surface area (Å²) < 4.78 is 0. The lowest BCUT2D eigenvalue weighted by atomic mass is 9.98. The first-order chi connectivity index (χ1) is 14.8. The van der Waals surface area contributed by atoms with E-state index in [0.717, 1.165) is 24.8 Å². The molecule has 4 N–H and O–H groups in total. The molecule has 31 heavy (non-hydrogen) atoms. The van der Waals surface area contributed by atoms with Crippen LogP contribution in [0.15, 0.2) is 30.3 Å². The normalized spacial score (nSPS) is 18.2. The van der Waals surface area contributed by atoms with E-state index in [-0.39, 0.29) is 17.6 Å². The predicted molar refractivity (Wildman–Crippen MR) is 121 cm³/mol. The van der Waals surface area contributed by atoms with Gasteiger partial charge < -0.3 is 15.7 Å². The summed E-state index contributed by atoms with van der Waals surface area (Å²) in [6, 6.07) is 7.84. The number of ketones is 1. The summed E-state index contributed by atoms with van der Waals surface area (Å²) in [6.07, 6.45) is 4.45. The number of carboxylic acid groups (broad SMARTS) is 1. The molecule has 0 bridgehead atoms. The molecule has 0 unspecified atom stereocenters. The molecule has 0 radical (unpaired) electrons. The van der Waals surface area contributed by atoms with Crippen molar-refractivity contribution in [2.24, 2.45) is 11.7 Å². The maximum atomic E-state index is 13.4. The van der Waals surface area contributed by atoms with Crippen molar-refractivity contribution >= 4 is 17.7 Å². The molecule has 1 aliphatic rings. The molecule has 1 fully saturated rings. The van der Waals surface area contributed by atoms with E-state index < -0.39 is 24.1 Å². The third-order valence-corrected chi connectivity index (χ3v) is 5.94. The Kier molecular flexibility index (Phi) is 10.1. The molecule has 2 rings (SSSR count). The molecular formula is C24H37N3O4. The van der Waals surface area contributed by atoms with Gasteiger partial charge >= 0.3 is 5.97 Å². The molecular weight excluding hydrogens is 394 g/mol. The lowest BCUT2D eigenvalue weighted by molar-refractivity contribution is -0.143. The second kappa shape index (κ2) is 12.6. The molecule has 0 aromatic heterocycles. The summed E-state index contributed by atoms with van der Waals surface area (Å²) in [7, 11) is 0. The number of aliphatic carboxylic acids is 1. The third kappa shape index (κ3) is 7.43. The Morgan fingerprint density at radius 1 is 1.13 bits per heavy atom. The van der Waals surface area contributed by atoms with Crippen molar-refractivity contribution in [2.75, 3.05) is 13.1 Å². The van der Waals surface area contributed by atoms with Gasteiger partial charge in [0.25, 0.3) is 0 Å². The van der Waals surface area contributed by atoms with Gasteiger partial charge in [-0.2, -0.15) is 0 Å². The van der Waals surface area contributed by atoms with Crippen molar-refractivity contribution in [1.29, 1.82) is 0 Å². The lowest BCUT2D eigenvalue weighted by Gasteiger charge is -2.31. The van der Waals surface area contributed by atoms with Gasteiger partial charge in [0.05, 0.1) is 12.1 Å². The highest BCUT2D eigenvalue weighted by Crippen LogP contribution is 2.23. The van der Waals surface area contributed by atoms with Crippen LogP contribution in [0.25, 0.3) is 0 Å². The summed E-state index contributed by atoms with van der Waals surface area (Å²) in [6.45, 7) is 4.77. The SMILES string of the molecule is CC(C)C(=O)[C@@H]1CCCN1C(=O)[C@H](CCCCN)N[C@@H](CCc1ccccc1)C(=O)O. The first kappa shape index (κ1) is 25.0. The van der Waals surface area contributed by atoms with Crippen molar-refractivity contribution in [3.05, 3.63) is 35.9 Å². The quantitative estimate of drug-likeness (QED) is 0.413. The molecule has 7 heteroatoms. The maximum Gasteiger partial charge on any atom is 0.320 e. The van der Waals surface area contributed by atoms with Crippen LogP contribution in [0.1, 0.15) is 57.9 Å². The highest BCUT2D eigenvalue weighted by atomic mass is 16.4. The van der Waals surface area contributed by atoms with Crippen molar-refractivity contribution in [3.8, 4) is 0 Å². The number of unbranched alkanes of at least 4 members (excludes halogenated alkanes) is 1. The van der Waals surface area contributed by atoms with Crippen LogP contribution in [0.4, 0.5) is 0 Å². The highest BCUT2D eigenvalue weighted by molar-refractivity contribution is 5.92. The van der Waals surface area contributed by atoms with Crippen LogP contribution >= 0.6 is 0 Å². The molecule has 1 aromatic rings. The first-order valence-electron chi connectivity index (χ1n) is 11.4. The number of carboxylic acids is 1. The van der Waals surface area contributed by atoms with Crippen molar-refractivity contribution in [3.63, 3.8) is 0 Å². The summed E-state index contributed by atoms with van der Waals surface area (Å²) >= 11 is 0. The fourth-order valence-corrected chi connectivity index (χ4v) is 4.16. The number of benzene rings is 1. The number of nitrogens with zero attached hydrogens (tertiary/aromatic N) is 1. The number of amides is 1. The molecule has 7 nitrogen and oxygen atoms in total. The number of aryl methyl sites for hydroxylation is 1. The number of hydrogen-bond donors (Lipinski definition) is 3. The van der Waals surface area contributed by atoms with E-state index in [2.05, 4.69) is 5.32 Å². The number of rotatable bonds is 13. The second-order valence-electron chi connectivity index (χ2n) is 8.67. The molecule has 1 heterocycles. The Bertz CT molecular complexity index is 723. The number of carbonyl (C=O) groups is 3. The number of hydrogen-bond acceptors (Lipinski definition) is 5. The molecule has 1 amide bonds. The minimum atomic E-state index is -0.969. The zero-order chi connectivity index (χ0) is 22.8. The Balaban J connectivity index is 2.11. The van der Waals surface area contributed by atoms with Gasteiger partial charge in [-0.15, -0.1) is 0 Å².